The summed E-state index contributed by atoms with van der Waals surface area (Å²) in [6, 6.07) is 4.26. The highest BCUT2D eigenvalue weighted by molar-refractivity contribution is 5.55. The van der Waals surface area contributed by atoms with E-state index in [2.05, 4.69) is 23.3 Å². The number of nitrogens with zero attached hydrogens (tertiary/aromatic N) is 2. The van der Waals surface area contributed by atoms with Crippen LogP contribution in [0.25, 0.3) is 0 Å². The number of nitrogens with one attached hydrogen (secondary N) is 1. The van der Waals surface area contributed by atoms with Gasteiger partial charge >= 0.3 is 0 Å². The minimum atomic E-state index is 0.299. The molecule has 1 aromatic rings. The third-order valence-corrected chi connectivity index (χ3v) is 4.24. The van der Waals surface area contributed by atoms with Crippen molar-refractivity contribution in [1.82, 2.24) is 4.98 Å². The molecule has 100 valence electrons. The maximum atomic E-state index is 9.24. The predicted octanol–water partition coefficient (Wildman–Crippen LogP) is 2.28. The Morgan fingerprint density at radius 3 is 3.16 bits per heavy atom. The minimum Gasteiger partial charge on any atom is -0.378 e. The fourth-order valence-electron chi connectivity index (χ4n) is 2.96. The largest absolute Gasteiger partial charge is 0.378 e. The second kappa shape index (κ2) is 5.18. The molecule has 0 saturated carbocycles. The Labute approximate surface area is 113 Å². The monoisotopic (exact) mass is 257 g/mol. The number of anilines is 1. The number of ether oxygens (including phenoxy) is 1. The van der Waals surface area contributed by atoms with Gasteiger partial charge in [-0.3, -0.25) is 0 Å². The number of fused-ring (bicyclic) bond motifs is 1. The fraction of sp³-hybridized carbons (Fsp3) is 0.600. The summed E-state index contributed by atoms with van der Waals surface area (Å²) in [5.74, 6) is 1.27. The summed E-state index contributed by atoms with van der Waals surface area (Å²) in [7, 11) is 0. The van der Waals surface area contributed by atoms with Gasteiger partial charge in [0, 0.05) is 24.8 Å². The Bertz CT molecular complexity index is 521. The van der Waals surface area contributed by atoms with Crippen LogP contribution in [0, 0.1) is 17.2 Å². The van der Waals surface area contributed by atoms with E-state index in [0.29, 0.717) is 17.6 Å². The molecule has 19 heavy (non-hydrogen) atoms. The molecule has 2 atom stereocenters. The minimum absolute atomic E-state index is 0.299. The highest BCUT2D eigenvalue weighted by Crippen LogP contribution is 2.26. The number of pyridine rings is 1. The van der Waals surface area contributed by atoms with Gasteiger partial charge in [-0.2, -0.15) is 5.26 Å². The molecule has 1 aliphatic heterocycles. The van der Waals surface area contributed by atoms with Crippen molar-refractivity contribution in [3.05, 3.63) is 22.9 Å². The van der Waals surface area contributed by atoms with Crippen molar-refractivity contribution in [2.75, 3.05) is 18.5 Å². The van der Waals surface area contributed by atoms with E-state index in [1.54, 1.807) is 0 Å². The van der Waals surface area contributed by atoms with E-state index in [9.17, 15) is 5.26 Å². The maximum absolute atomic E-state index is 9.24. The van der Waals surface area contributed by atoms with E-state index >= 15 is 0 Å². The summed E-state index contributed by atoms with van der Waals surface area (Å²) in [6.45, 7) is 3.79. The standard InChI is InChI=1S/C15H19N3O/c1-10-12(5-6-19-10)9-17-15-13(8-16)7-11-3-2-4-14(11)18-15/h7,10,12H,2-6,9H2,1H3,(H,17,18). The van der Waals surface area contributed by atoms with Crippen molar-refractivity contribution < 1.29 is 4.74 Å². The van der Waals surface area contributed by atoms with Gasteiger partial charge in [-0.25, -0.2) is 4.98 Å². The molecule has 1 N–H and O–H groups in total. The number of hydrogen-bond acceptors (Lipinski definition) is 4. The first kappa shape index (κ1) is 12.4. The Hall–Kier alpha value is -1.60. The Morgan fingerprint density at radius 2 is 2.42 bits per heavy atom. The van der Waals surface area contributed by atoms with Gasteiger partial charge < -0.3 is 10.1 Å². The fourth-order valence-corrected chi connectivity index (χ4v) is 2.96. The number of aryl methyl sites for hydroxylation is 2. The lowest BCUT2D eigenvalue weighted by atomic mass is 10.0. The summed E-state index contributed by atoms with van der Waals surface area (Å²) >= 11 is 0. The first-order valence-electron chi connectivity index (χ1n) is 7.06. The van der Waals surface area contributed by atoms with Gasteiger partial charge in [0.05, 0.1) is 11.7 Å². The number of aromatic nitrogens is 1. The first-order chi connectivity index (χ1) is 9.28. The summed E-state index contributed by atoms with van der Waals surface area (Å²) in [4.78, 5) is 4.64. The SMILES string of the molecule is CC1OCCC1CNc1nc2c(cc1C#N)CCC2. The van der Waals surface area contributed by atoms with Gasteiger partial charge in [0.25, 0.3) is 0 Å². The molecular formula is C15H19N3O. The summed E-state index contributed by atoms with van der Waals surface area (Å²) in [6.07, 6.45) is 4.64. The van der Waals surface area contributed by atoms with E-state index in [1.165, 1.54) is 5.56 Å². The lowest BCUT2D eigenvalue weighted by Gasteiger charge is -2.16. The molecule has 1 fully saturated rings. The van der Waals surface area contributed by atoms with E-state index in [4.69, 9.17) is 4.74 Å². The zero-order valence-corrected chi connectivity index (χ0v) is 11.3. The van der Waals surface area contributed by atoms with Crippen LogP contribution in [-0.2, 0) is 17.6 Å². The van der Waals surface area contributed by atoms with Crippen LogP contribution in [0.1, 0.15) is 36.6 Å². The Balaban J connectivity index is 1.75. The number of nitriles is 1. The zero-order chi connectivity index (χ0) is 13.2. The topological polar surface area (TPSA) is 57.9 Å². The maximum Gasteiger partial charge on any atom is 0.144 e. The summed E-state index contributed by atoms with van der Waals surface area (Å²) in [5.41, 5.74) is 3.09. The molecule has 0 amide bonds. The molecule has 2 aliphatic rings. The van der Waals surface area contributed by atoms with E-state index < -0.39 is 0 Å². The Morgan fingerprint density at radius 1 is 1.53 bits per heavy atom. The lowest BCUT2D eigenvalue weighted by Crippen LogP contribution is -2.21. The summed E-state index contributed by atoms with van der Waals surface area (Å²) < 4.78 is 5.56. The van der Waals surface area contributed by atoms with Gasteiger partial charge in [-0.15, -0.1) is 0 Å². The third kappa shape index (κ3) is 2.43. The van der Waals surface area contributed by atoms with Crippen molar-refractivity contribution in [2.45, 2.75) is 38.7 Å². The van der Waals surface area contributed by atoms with Crippen LogP contribution < -0.4 is 5.32 Å². The van der Waals surface area contributed by atoms with Crippen LogP contribution in [0.5, 0.6) is 0 Å². The van der Waals surface area contributed by atoms with Crippen LogP contribution in [-0.4, -0.2) is 24.2 Å². The van der Waals surface area contributed by atoms with Crippen LogP contribution in [0.15, 0.2) is 6.07 Å². The highest BCUT2D eigenvalue weighted by atomic mass is 16.5. The average molecular weight is 257 g/mol. The molecule has 0 bridgehead atoms. The Kier molecular flexibility index (Phi) is 3.39. The van der Waals surface area contributed by atoms with Crippen molar-refractivity contribution in [3.8, 4) is 6.07 Å². The molecule has 0 radical (unpaired) electrons. The van der Waals surface area contributed by atoms with Crippen molar-refractivity contribution in [1.29, 1.82) is 5.26 Å². The molecule has 2 heterocycles. The second-order valence-corrected chi connectivity index (χ2v) is 5.46. The van der Waals surface area contributed by atoms with Crippen LogP contribution in [0.2, 0.25) is 0 Å². The first-order valence-corrected chi connectivity index (χ1v) is 7.06. The third-order valence-electron chi connectivity index (χ3n) is 4.24. The molecule has 3 rings (SSSR count). The van der Waals surface area contributed by atoms with Crippen molar-refractivity contribution in [3.63, 3.8) is 0 Å². The van der Waals surface area contributed by atoms with E-state index in [-0.39, 0.29) is 0 Å². The van der Waals surface area contributed by atoms with Gasteiger partial charge in [0.15, 0.2) is 0 Å². The van der Waals surface area contributed by atoms with Gasteiger partial charge in [0.1, 0.15) is 11.9 Å². The molecule has 0 aromatic carbocycles. The molecule has 4 heteroatoms. The van der Waals surface area contributed by atoms with Crippen LogP contribution >= 0.6 is 0 Å². The molecule has 2 unspecified atom stereocenters. The number of rotatable bonds is 3. The predicted molar refractivity (Wildman–Crippen MR) is 73.0 cm³/mol. The molecule has 1 aliphatic carbocycles. The van der Waals surface area contributed by atoms with Crippen molar-refractivity contribution >= 4 is 5.82 Å². The van der Waals surface area contributed by atoms with Gasteiger partial charge in [-0.1, -0.05) is 0 Å². The van der Waals surface area contributed by atoms with Gasteiger partial charge in [-0.05, 0) is 44.2 Å². The lowest BCUT2D eigenvalue weighted by molar-refractivity contribution is 0.108. The number of hydrogen-bond donors (Lipinski definition) is 1. The quantitative estimate of drug-likeness (QED) is 0.902. The van der Waals surface area contributed by atoms with Crippen LogP contribution in [0.3, 0.4) is 0 Å². The molecule has 4 nitrogen and oxygen atoms in total. The summed E-state index contributed by atoms with van der Waals surface area (Å²) in [5, 5.41) is 12.6. The van der Waals surface area contributed by atoms with E-state index in [0.717, 1.165) is 50.3 Å². The molecule has 0 spiro atoms. The molecule has 1 aromatic heterocycles. The second-order valence-electron chi connectivity index (χ2n) is 5.46. The van der Waals surface area contributed by atoms with E-state index in [1.807, 2.05) is 6.07 Å². The average Bonchev–Trinajstić information content (AvgIpc) is 3.03. The normalized spacial score (nSPS) is 25.1. The molecular weight excluding hydrogens is 238 g/mol. The molecule has 1 saturated heterocycles. The van der Waals surface area contributed by atoms with Crippen LogP contribution in [0.4, 0.5) is 5.82 Å². The highest BCUT2D eigenvalue weighted by Gasteiger charge is 2.24. The zero-order valence-electron chi connectivity index (χ0n) is 11.3. The van der Waals surface area contributed by atoms with Gasteiger partial charge in [0.2, 0.25) is 0 Å². The smallest absolute Gasteiger partial charge is 0.144 e. The van der Waals surface area contributed by atoms with Crippen molar-refractivity contribution in [2.24, 2.45) is 5.92 Å².